The van der Waals surface area contributed by atoms with Gasteiger partial charge in [-0.15, -0.1) is 0 Å². The number of aliphatic hydroxyl groups is 2. The molecule has 2 N–H and O–H groups in total. The molecule has 0 heterocycles. The summed E-state index contributed by atoms with van der Waals surface area (Å²) in [5.41, 5.74) is 5.05. The maximum absolute atomic E-state index is 9.84. The zero-order valence-electron chi connectivity index (χ0n) is 19.1. The van der Waals surface area contributed by atoms with Crippen LogP contribution in [0.2, 0.25) is 0 Å². The van der Waals surface area contributed by atoms with Gasteiger partial charge in [-0.05, 0) is 52.8 Å². The summed E-state index contributed by atoms with van der Waals surface area (Å²) in [5, 5.41) is 19.7. The summed E-state index contributed by atoms with van der Waals surface area (Å²) in [6, 6.07) is 25.6. The van der Waals surface area contributed by atoms with E-state index in [1.165, 1.54) is 5.56 Å². The zero-order chi connectivity index (χ0) is 23.1. The van der Waals surface area contributed by atoms with Crippen LogP contribution in [0.3, 0.4) is 0 Å². The number of hydrogen-bond acceptors (Lipinski definition) is 4. The summed E-state index contributed by atoms with van der Waals surface area (Å²) in [6.07, 6.45) is -0.00799. The number of benzene rings is 3. The Morgan fingerprint density at radius 2 is 1.53 bits per heavy atom. The summed E-state index contributed by atoms with van der Waals surface area (Å²) in [6.45, 7) is 8.87. The van der Waals surface area contributed by atoms with E-state index < -0.39 is 6.29 Å². The SMILES string of the molecule is CC(=N/C(=C\c1ccc(OCc2ccccc2)cc1)C(O)O)c1ccc(C(C)(C)C)cc1. The van der Waals surface area contributed by atoms with Gasteiger partial charge in [-0.1, -0.05) is 87.5 Å². The van der Waals surface area contributed by atoms with E-state index in [1.807, 2.05) is 73.7 Å². The number of hydrogen-bond donors (Lipinski definition) is 2. The third-order valence-electron chi connectivity index (χ3n) is 5.17. The van der Waals surface area contributed by atoms with Crippen LogP contribution in [0.25, 0.3) is 6.08 Å². The molecule has 0 radical (unpaired) electrons. The minimum absolute atomic E-state index is 0.0763. The first-order valence-corrected chi connectivity index (χ1v) is 10.7. The van der Waals surface area contributed by atoms with Crippen LogP contribution in [-0.4, -0.2) is 22.2 Å². The van der Waals surface area contributed by atoms with Gasteiger partial charge in [-0.2, -0.15) is 0 Å². The first kappa shape index (κ1) is 23.5. The lowest BCUT2D eigenvalue weighted by atomic mass is 9.86. The fraction of sp³-hybridized carbons (Fsp3) is 0.250. The minimum atomic E-state index is -1.67. The molecule has 3 rings (SSSR count). The summed E-state index contributed by atoms with van der Waals surface area (Å²) in [4.78, 5) is 4.48. The van der Waals surface area contributed by atoms with E-state index in [1.54, 1.807) is 6.08 Å². The summed E-state index contributed by atoms with van der Waals surface area (Å²) in [7, 11) is 0. The van der Waals surface area contributed by atoms with Crippen molar-refractivity contribution in [1.82, 2.24) is 0 Å². The van der Waals surface area contributed by atoms with E-state index >= 15 is 0 Å². The second-order valence-electron chi connectivity index (χ2n) is 8.81. The molecule has 4 nitrogen and oxygen atoms in total. The van der Waals surface area contributed by atoms with Crippen molar-refractivity contribution < 1.29 is 14.9 Å². The molecule has 0 amide bonds. The van der Waals surface area contributed by atoms with Crippen molar-refractivity contribution in [1.29, 1.82) is 0 Å². The van der Waals surface area contributed by atoms with Crippen LogP contribution in [-0.2, 0) is 12.0 Å². The highest BCUT2D eigenvalue weighted by atomic mass is 16.5. The predicted octanol–water partition coefficient (Wildman–Crippen LogP) is 5.72. The van der Waals surface area contributed by atoms with Crippen LogP contribution < -0.4 is 4.74 Å². The van der Waals surface area contributed by atoms with Crippen LogP contribution in [0.5, 0.6) is 5.75 Å². The van der Waals surface area contributed by atoms with Gasteiger partial charge in [-0.25, -0.2) is 0 Å². The molecule has 0 atom stereocenters. The Labute approximate surface area is 190 Å². The molecule has 0 spiro atoms. The van der Waals surface area contributed by atoms with Crippen molar-refractivity contribution in [3.05, 3.63) is 107 Å². The first-order chi connectivity index (χ1) is 15.2. The molecule has 0 aliphatic heterocycles. The lowest BCUT2D eigenvalue weighted by Crippen LogP contribution is -2.11. The molecule has 0 bridgehead atoms. The first-order valence-electron chi connectivity index (χ1n) is 10.7. The van der Waals surface area contributed by atoms with E-state index in [2.05, 4.69) is 37.9 Å². The average molecular weight is 430 g/mol. The van der Waals surface area contributed by atoms with E-state index in [-0.39, 0.29) is 11.1 Å². The largest absolute Gasteiger partial charge is 0.489 e. The Bertz CT molecular complexity index is 1060. The third-order valence-corrected chi connectivity index (χ3v) is 5.17. The maximum Gasteiger partial charge on any atom is 0.196 e. The van der Waals surface area contributed by atoms with E-state index in [0.29, 0.717) is 12.3 Å². The molecule has 4 heteroatoms. The molecule has 0 aliphatic rings. The molecule has 0 saturated carbocycles. The van der Waals surface area contributed by atoms with Gasteiger partial charge in [0.05, 0.1) is 5.70 Å². The van der Waals surface area contributed by atoms with Gasteiger partial charge in [0.15, 0.2) is 6.29 Å². The number of nitrogens with zero attached hydrogens (tertiary/aromatic N) is 1. The van der Waals surface area contributed by atoms with Gasteiger partial charge in [0.2, 0.25) is 0 Å². The van der Waals surface area contributed by atoms with Crippen LogP contribution in [0.15, 0.2) is 89.6 Å². The van der Waals surface area contributed by atoms with Crippen molar-refractivity contribution in [2.24, 2.45) is 4.99 Å². The molecule has 0 aromatic heterocycles. The predicted molar refractivity (Wildman–Crippen MR) is 131 cm³/mol. The Hall–Kier alpha value is -3.21. The molecular formula is C28H31NO3. The van der Waals surface area contributed by atoms with Gasteiger partial charge in [-0.3, -0.25) is 4.99 Å². The molecular weight excluding hydrogens is 398 g/mol. The van der Waals surface area contributed by atoms with Crippen molar-refractivity contribution in [2.75, 3.05) is 0 Å². The Morgan fingerprint density at radius 3 is 2.09 bits per heavy atom. The summed E-state index contributed by atoms with van der Waals surface area (Å²) >= 11 is 0. The molecule has 0 fully saturated rings. The molecule has 3 aromatic rings. The Balaban J connectivity index is 1.73. The number of aliphatic hydroxyl groups excluding tert-OH is 1. The van der Waals surface area contributed by atoms with Crippen molar-refractivity contribution >= 4 is 11.8 Å². The Morgan fingerprint density at radius 1 is 0.906 bits per heavy atom. The van der Waals surface area contributed by atoms with Crippen molar-refractivity contribution in [3.8, 4) is 5.75 Å². The van der Waals surface area contributed by atoms with Crippen molar-refractivity contribution in [2.45, 2.75) is 46.0 Å². The molecule has 0 aliphatic carbocycles. The zero-order valence-corrected chi connectivity index (χ0v) is 19.1. The molecule has 0 saturated heterocycles. The van der Waals surface area contributed by atoms with Gasteiger partial charge in [0, 0.05) is 5.71 Å². The second-order valence-corrected chi connectivity index (χ2v) is 8.81. The topological polar surface area (TPSA) is 62.0 Å². The highest BCUT2D eigenvalue weighted by Gasteiger charge is 2.13. The lowest BCUT2D eigenvalue weighted by Gasteiger charge is -2.19. The molecule has 0 unspecified atom stereocenters. The fourth-order valence-electron chi connectivity index (χ4n) is 3.21. The quantitative estimate of drug-likeness (QED) is 0.373. The third kappa shape index (κ3) is 6.64. The highest BCUT2D eigenvalue weighted by molar-refractivity contribution is 5.99. The average Bonchev–Trinajstić information content (AvgIpc) is 2.78. The molecule has 166 valence electrons. The van der Waals surface area contributed by atoms with E-state index in [4.69, 9.17) is 4.74 Å². The van der Waals surface area contributed by atoms with E-state index in [0.717, 1.165) is 22.4 Å². The summed E-state index contributed by atoms with van der Waals surface area (Å²) in [5.74, 6) is 0.746. The second kappa shape index (κ2) is 10.4. The van der Waals surface area contributed by atoms with E-state index in [9.17, 15) is 10.2 Å². The number of rotatable bonds is 7. The fourth-order valence-corrected chi connectivity index (χ4v) is 3.21. The Kier molecular flexibility index (Phi) is 7.62. The highest BCUT2D eigenvalue weighted by Crippen LogP contribution is 2.23. The number of aliphatic imine (C=N–C) groups is 1. The standard InChI is InChI=1S/C28H31NO3/c1-20(23-12-14-24(15-13-23)28(2,3)4)29-26(27(30)31)18-21-10-16-25(17-11-21)32-19-22-8-6-5-7-9-22/h5-18,27,30-31H,19H2,1-4H3/b26-18-,29-20?. The van der Waals surface area contributed by atoms with Gasteiger partial charge < -0.3 is 14.9 Å². The van der Waals surface area contributed by atoms with Gasteiger partial charge >= 0.3 is 0 Å². The van der Waals surface area contributed by atoms with Crippen LogP contribution in [0.1, 0.15) is 49.9 Å². The summed E-state index contributed by atoms with van der Waals surface area (Å²) < 4.78 is 5.81. The van der Waals surface area contributed by atoms with Gasteiger partial charge in [0.25, 0.3) is 0 Å². The maximum atomic E-state index is 9.84. The minimum Gasteiger partial charge on any atom is -0.489 e. The van der Waals surface area contributed by atoms with Crippen LogP contribution in [0.4, 0.5) is 0 Å². The monoisotopic (exact) mass is 429 g/mol. The van der Waals surface area contributed by atoms with Crippen molar-refractivity contribution in [3.63, 3.8) is 0 Å². The van der Waals surface area contributed by atoms with Gasteiger partial charge in [0.1, 0.15) is 12.4 Å². The normalized spacial score (nSPS) is 12.8. The van der Waals surface area contributed by atoms with Crippen LogP contribution >= 0.6 is 0 Å². The lowest BCUT2D eigenvalue weighted by molar-refractivity contribution is -0.00769. The van der Waals surface area contributed by atoms with Crippen LogP contribution in [0, 0.1) is 0 Å². The smallest absolute Gasteiger partial charge is 0.196 e. The molecule has 32 heavy (non-hydrogen) atoms. The molecule has 3 aromatic carbocycles. The number of ether oxygens (including phenoxy) is 1.